The molecular weight excluding hydrogens is 339 g/mol. The van der Waals surface area contributed by atoms with Crippen molar-refractivity contribution >= 4 is 29.9 Å². The fourth-order valence-corrected chi connectivity index (χ4v) is 2.45. The van der Waals surface area contributed by atoms with E-state index in [1.54, 1.807) is 0 Å². The van der Waals surface area contributed by atoms with Crippen molar-refractivity contribution in [2.45, 2.75) is 32.6 Å². The molecule has 0 amide bonds. The first-order valence-corrected chi connectivity index (χ1v) is 7.09. The van der Waals surface area contributed by atoms with Gasteiger partial charge in [-0.2, -0.15) is 0 Å². The van der Waals surface area contributed by atoms with Crippen LogP contribution in [0.2, 0.25) is 0 Å². The fourth-order valence-electron chi connectivity index (χ4n) is 2.45. The minimum absolute atomic E-state index is 0. The number of hydrogen-bond donors (Lipinski definition) is 2. The lowest BCUT2D eigenvalue weighted by atomic mass is 9.99. The third-order valence-electron chi connectivity index (χ3n) is 3.72. The first-order chi connectivity index (χ1) is 8.34. The quantitative estimate of drug-likeness (QED) is 0.587. The lowest BCUT2D eigenvalue weighted by Gasteiger charge is -2.30. The Kier molecular flexibility index (Phi) is 7.97. The van der Waals surface area contributed by atoms with Gasteiger partial charge < -0.3 is 15.5 Å². The van der Waals surface area contributed by atoms with E-state index in [1.807, 2.05) is 0 Å². The number of nitrogens with zero attached hydrogens (tertiary/aromatic N) is 2. The van der Waals surface area contributed by atoms with E-state index in [0.717, 1.165) is 37.9 Å². The van der Waals surface area contributed by atoms with Gasteiger partial charge in [0, 0.05) is 19.6 Å². The molecule has 0 radical (unpaired) electrons. The maximum absolute atomic E-state index is 4.40. The summed E-state index contributed by atoms with van der Waals surface area (Å²) in [5, 5.41) is 6.67. The van der Waals surface area contributed by atoms with Crippen molar-refractivity contribution in [2.24, 2.45) is 10.9 Å². The van der Waals surface area contributed by atoms with E-state index < -0.39 is 0 Å². The molecule has 1 fully saturated rings. The molecule has 0 spiro atoms. The van der Waals surface area contributed by atoms with Crippen LogP contribution in [-0.4, -0.2) is 50.1 Å². The Bertz CT molecular complexity index is 249. The second-order valence-corrected chi connectivity index (χ2v) is 5.32. The number of guanidine groups is 1. The molecule has 2 aliphatic heterocycles. The van der Waals surface area contributed by atoms with Crippen LogP contribution in [-0.2, 0) is 0 Å². The molecule has 106 valence electrons. The van der Waals surface area contributed by atoms with Gasteiger partial charge in [0.05, 0.1) is 0 Å². The van der Waals surface area contributed by atoms with Gasteiger partial charge in [0.15, 0.2) is 5.96 Å². The summed E-state index contributed by atoms with van der Waals surface area (Å²) in [6.07, 6.45) is 5.13. The van der Waals surface area contributed by atoms with Crippen LogP contribution in [0.1, 0.15) is 32.6 Å². The van der Waals surface area contributed by atoms with Crippen LogP contribution >= 0.6 is 24.0 Å². The van der Waals surface area contributed by atoms with Gasteiger partial charge >= 0.3 is 0 Å². The van der Waals surface area contributed by atoms with Gasteiger partial charge in [-0.15, -0.1) is 24.0 Å². The average Bonchev–Trinajstić information content (AvgIpc) is 2.38. The van der Waals surface area contributed by atoms with Gasteiger partial charge in [-0.3, -0.25) is 4.99 Å². The highest BCUT2D eigenvalue weighted by Gasteiger charge is 2.14. The molecule has 4 nitrogen and oxygen atoms in total. The highest BCUT2D eigenvalue weighted by atomic mass is 127. The summed E-state index contributed by atoms with van der Waals surface area (Å²) in [5.41, 5.74) is 0. The van der Waals surface area contributed by atoms with Crippen LogP contribution in [0.4, 0.5) is 0 Å². The Morgan fingerprint density at radius 3 is 2.83 bits per heavy atom. The van der Waals surface area contributed by atoms with Crippen LogP contribution in [0, 0.1) is 5.92 Å². The first kappa shape index (κ1) is 16.0. The third kappa shape index (κ3) is 5.73. The highest BCUT2D eigenvalue weighted by molar-refractivity contribution is 14.0. The largest absolute Gasteiger partial charge is 0.356 e. The second kappa shape index (κ2) is 8.96. The summed E-state index contributed by atoms with van der Waals surface area (Å²) in [6, 6.07) is 0. The topological polar surface area (TPSA) is 39.7 Å². The summed E-state index contributed by atoms with van der Waals surface area (Å²) in [6.45, 7) is 9.26. The van der Waals surface area contributed by atoms with Gasteiger partial charge in [0.1, 0.15) is 0 Å². The van der Waals surface area contributed by atoms with Gasteiger partial charge in [0.25, 0.3) is 0 Å². The molecule has 1 saturated heterocycles. The average molecular weight is 366 g/mol. The van der Waals surface area contributed by atoms with Crippen molar-refractivity contribution in [3.05, 3.63) is 0 Å². The van der Waals surface area contributed by atoms with Crippen LogP contribution in [0.5, 0.6) is 0 Å². The lowest BCUT2D eigenvalue weighted by molar-refractivity contribution is 0.191. The molecule has 2 rings (SSSR count). The van der Waals surface area contributed by atoms with E-state index in [2.05, 4.69) is 27.4 Å². The Morgan fingerprint density at radius 1 is 1.39 bits per heavy atom. The van der Waals surface area contributed by atoms with Crippen molar-refractivity contribution in [2.75, 3.05) is 39.3 Å². The molecule has 18 heavy (non-hydrogen) atoms. The summed E-state index contributed by atoms with van der Waals surface area (Å²) < 4.78 is 0. The molecule has 0 bridgehead atoms. The van der Waals surface area contributed by atoms with Gasteiger partial charge in [-0.25, -0.2) is 0 Å². The van der Waals surface area contributed by atoms with E-state index in [-0.39, 0.29) is 24.0 Å². The zero-order valence-corrected chi connectivity index (χ0v) is 13.8. The number of rotatable bonds is 4. The first-order valence-electron chi connectivity index (χ1n) is 7.09. The fraction of sp³-hybridized carbons (Fsp3) is 0.923. The Hall–Kier alpha value is -0.0400. The maximum atomic E-state index is 4.40. The molecule has 0 aromatic heterocycles. The predicted molar refractivity (Wildman–Crippen MR) is 87.8 cm³/mol. The monoisotopic (exact) mass is 366 g/mol. The normalized spacial score (nSPS) is 21.7. The van der Waals surface area contributed by atoms with Crippen molar-refractivity contribution in [3.63, 3.8) is 0 Å². The standard InChI is InChI=1S/C13H26N4.HI/c1-12-4-10-17(11-5-12)9-3-8-16-13-14-6-2-7-15-13;/h12H,2-11H2,1H3,(H2,14,15,16);1H. The van der Waals surface area contributed by atoms with Gasteiger partial charge in [-0.1, -0.05) is 6.92 Å². The molecule has 0 unspecified atom stereocenters. The van der Waals surface area contributed by atoms with E-state index in [4.69, 9.17) is 0 Å². The minimum Gasteiger partial charge on any atom is -0.356 e. The van der Waals surface area contributed by atoms with Crippen LogP contribution in [0.3, 0.4) is 0 Å². The Morgan fingerprint density at radius 2 is 2.17 bits per heavy atom. The number of nitrogens with one attached hydrogen (secondary N) is 2. The number of likely N-dealkylation sites (tertiary alicyclic amines) is 1. The summed E-state index contributed by atoms with van der Waals surface area (Å²) in [5.74, 6) is 1.94. The number of hydrogen-bond acceptors (Lipinski definition) is 4. The van der Waals surface area contributed by atoms with Crippen molar-refractivity contribution in [1.82, 2.24) is 15.5 Å². The molecule has 0 aromatic rings. The zero-order valence-electron chi connectivity index (χ0n) is 11.5. The molecule has 5 heteroatoms. The number of halogens is 1. The van der Waals surface area contributed by atoms with Crippen molar-refractivity contribution < 1.29 is 0 Å². The smallest absolute Gasteiger partial charge is 0.191 e. The Labute approximate surface area is 128 Å². The van der Waals surface area contributed by atoms with Gasteiger partial charge in [0.2, 0.25) is 0 Å². The Balaban J connectivity index is 0.00000162. The molecule has 0 atom stereocenters. The zero-order chi connectivity index (χ0) is 11.9. The van der Waals surface area contributed by atoms with Crippen LogP contribution < -0.4 is 10.6 Å². The molecular formula is C13H27IN4. The van der Waals surface area contributed by atoms with E-state index >= 15 is 0 Å². The molecule has 2 heterocycles. The van der Waals surface area contributed by atoms with Crippen molar-refractivity contribution in [3.8, 4) is 0 Å². The lowest BCUT2D eigenvalue weighted by Crippen LogP contribution is -2.42. The second-order valence-electron chi connectivity index (χ2n) is 5.32. The molecule has 2 N–H and O–H groups in total. The molecule has 0 aliphatic carbocycles. The minimum atomic E-state index is 0. The van der Waals surface area contributed by atoms with Crippen molar-refractivity contribution in [1.29, 1.82) is 0 Å². The molecule has 0 saturated carbocycles. The van der Waals surface area contributed by atoms with Crippen LogP contribution in [0.25, 0.3) is 0 Å². The van der Waals surface area contributed by atoms with E-state index in [0.29, 0.717) is 0 Å². The maximum Gasteiger partial charge on any atom is 0.191 e. The highest BCUT2D eigenvalue weighted by Crippen LogP contribution is 2.15. The number of piperidine rings is 1. The molecule has 2 aliphatic rings. The molecule has 0 aromatic carbocycles. The summed E-state index contributed by atoms with van der Waals surface area (Å²) in [7, 11) is 0. The van der Waals surface area contributed by atoms with E-state index in [9.17, 15) is 0 Å². The summed E-state index contributed by atoms with van der Waals surface area (Å²) in [4.78, 5) is 7.00. The van der Waals surface area contributed by atoms with Crippen LogP contribution in [0.15, 0.2) is 4.99 Å². The summed E-state index contributed by atoms with van der Waals surface area (Å²) >= 11 is 0. The van der Waals surface area contributed by atoms with Gasteiger partial charge in [-0.05, 0) is 51.2 Å². The third-order valence-corrected chi connectivity index (χ3v) is 3.72. The predicted octanol–water partition coefficient (Wildman–Crippen LogP) is 1.67. The SMILES string of the molecule is CC1CCN(CCCNC2=NCCCN2)CC1.I. The number of aliphatic imine (C=N–C) groups is 1. The van der Waals surface area contributed by atoms with E-state index in [1.165, 1.54) is 38.9 Å².